The largest absolute Gasteiger partial charge is 0.480 e. The zero-order valence-electron chi connectivity index (χ0n) is 17.2. The van der Waals surface area contributed by atoms with Gasteiger partial charge in [-0.25, -0.2) is 0 Å². The van der Waals surface area contributed by atoms with Crippen molar-refractivity contribution in [2.75, 3.05) is 19.8 Å². The van der Waals surface area contributed by atoms with Gasteiger partial charge in [-0.1, -0.05) is 6.42 Å². The predicted molar refractivity (Wildman–Crippen MR) is 114 cm³/mol. The summed E-state index contributed by atoms with van der Waals surface area (Å²) >= 11 is 3.98. The van der Waals surface area contributed by atoms with Crippen LogP contribution in [0.1, 0.15) is 33.1 Å². The lowest BCUT2D eigenvalue weighted by Gasteiger charge is -2.21. The number of amides is 2. The SMILES string of the molecule is CC(C)(S)C(N)C(=O)O.NCCCCC(N)C(=O)O.O=C1C=CC(=O)N1.OCCO. The molecule has 0 saturated carbocycles. The fourth-order valence-corrected chi connectivity index (χ4v) is 1.40. The van der Waals surface area contributed by atoms with Gasteiger partial charge in [0.15, 0.2) is 0 Å². The van der Waals surface area contributed by atoms with E-state index in [1.165, 1.54) is 12.2 Å². The molecule has 0 bridgehead atoms. The van der Waals surface area contributed by atoms with E-state index in [1.807, 2.05) is 5.32 Å². The smallest absolute Gasteiger partial charge is 0.321 e. The highest BCUT2D eigenvalue weighted by molar-refractivity contribution is 7.81. The second-order valence-corrected chi connectivity index (χ2v) is 7.49. The topological polar surface area (TPSA) is 239 Å². The Bertz CT molecular complexity index is 534. The lowest BCUT2D eigenvalue weighted by molar-refractivity contribution is -0.139. The van der Waals surface area contributed by atoms with E-state index in [4.69, 9.17) is 37.6 Å². The van der Waals surface area contributed by atoms with Crippen molar-refractivity contribution in [2.24, 2.45) is 17.2 Å². The van der Waals surface area contributed by atoms with E-state index >= 15 is 0 Å². The third-order valence-corrected chi connectivity index (χ3v) is 3.32. The van der Waals surface area contributed by atoms with Crippen LogP contribution in [0.15, 0.2) is 12.2 Å². The molecule has 0 saturated heterocycles. The van der Waals surface area contributed by atoms with Crippen molar-refractivity contribution in [2.45, 2.75) is 49.9 Å². The third kappa shape index (κ3) is 22.3. The summed E-state index contributed by atoms with van der Waals surface area (Å²) in [5.74, 6) is -2.61. The van der Waals surface area contributed by atoms with Crippen molar-refractivity contribution in [1.29, 1.82) is 0 Å². The molecule has 176 valence electrons. The second kappa shape index (κ2) is 19.0. The van der Waals surface area contributed by atoms with Crippen LogP contribution >= 0.6 is 12.6 Å². The average molecular weight is 455 g/mol. The van der Waals surface area contributed by atoms with Gasteiger partial charge in [0.25, 0.3) is 11.8 Å². The maximum atomic E-state index is 10.2. The molecule has 1 rings (SSSR count). The first kappa shape index (κ1) is 32.6. The van der Waals surface area contributed by atoms with Crippen LogP contribution in [-0.2, 0) is 19.2 Å². The van der Waals surface area contributed by atoms with E-state index in [2.05, 4.69) is 12.6 Å². The molecule has 0 aromatic carbocycles. The number of hydrogen-bond donors (Lipinski definition) is 9. The summed E-state index contributed by atoms with van der Waals surface area (Å²) < 4.78 is -0.647. The molecule has 1 aliphatic heterocycles. The van der Waals surface area contributed by atoms with Crippen molar-refractivity contribution >= 4 is 36.4 Å². The Kier molecular flexibility index (Phi) is 20.6. The molecule has 0 aromatic rings. The second-order valence-electron chi connectivity index (χ2n) is 6.33. The van der Waals surface area contributed by atoms with E-state index in [-0.39, 0.29) is 25.0 Å². The Hall–Kier alpha value is -2.03. The van der Waals surface area contributed by atoms with E-state index in [9.17, 15) is 19.2 Å². The Balaban J connectivity index is -0.000000338. The number of carbonyl (C=O) groups excluding carboxylic acids is 2. The Morgan fingerprint density at radius 1 is 1.03 bits per heavy atom. The molecule has 0 aliphatic carbocycles. The number of carboxylic acid groups (broad SMARTS) is 2. The number of aliphatic hydroxyl groups excluding tert-OH is 2. The van der Waals surface area contributed by atoms with Gasteiger partial charge in [0.2, 0.25) is 0 Å². The first-order valence-electron chi connectivity index (χ1n) is 8.88. The molecule has 12 nitrogen and oxygen atoms in total. The summed E-state index contributed by atoms with van der Waals surface area (Å²) in [6, 6.07) is -1.62. The van der Waals surface area contributed by atoms with Crippen LogP contribution in [0.5, 0.6) is 0 Å². The lowest BCUT2D eigenvalue weighted by Crippen LogP contribution is -2.45. The molecule has 0 spiro atoms. The van der Waals surface area contributed by atoms with Crippen LogP contribution in [0.2, 0.25) is 0 Å². The van der Waals surface area contributed by atoms with Crippen LogP contribution in [0, 0.1) is 0 Å². The Morgan fingerprint density at radius 2 is 1.47 bits per heavy atom. The fraction of sp³-hybridized carbons (Fsp3) is 0.647. The molecule has 0 aromatic heterocycles. The summed E-state index contributed by atoms with van der Waals surface area (Å²) in [6.45, 7) is 3.68. The number of carbonyl (C=O) groups is 4. The van der Waals surface area contributed by atoms with Crippen molar-refractivity contribution < 1.29 is 39.6 Å². The standard InChI is InChI=1S/C6H14N2O2.C5H11NO2S.C4H3NO2.C2H6O2/c7-4-2-1-3-5(8)6(9)10;1-5(2,9)3(6)4(7)8;6-3-1-2-4(7)5-3;3-1-2-4/h5H,1-4,7-8H2,(H,9,10);3,9H,6H2,1-2H3,(H,7,8);1-2H,(H,5,6,7);3-4H,1-2H2. The quantitative estimate of drug-likeness (QED) is 0.108. The molecular weight excluding hydrogens is 420 g/mol. The molecule has 2 amide bonds. The van der Waals surface area contributed by atoms with E-state index < -0.39 is 28.8 Å². The van der Waals surface area contributed by atoms with Crippen LogP contribution in [0.4, 0.5) is 0 Å². The predicted octanol–water partition coefficient (Wildman–Crippen LogP) is -2.20. The zero-order valence-corrected chi connectivity index (χ0v) is 18.0. The minimum atomic E-state index is -1.02. The highest BCUT2D eigenvalue weighted by Gasteiger charge is 2.27. The number of imide groups is 1. The van der Waals surface area contributed by atoms with Crippen LogP contribution < -0.4 is 22.5 Å². The summed E-state index contributed by atoms with van der Waals surface area (Å²) in [5, 5.41) is 33.9. The van der Waals surface area contributed by atoms with Gasteiger partial charge in [-0.05, 0) is 33.2 Å². The van der Waals surface area contributed by atoms with Gasteiger partial charge in [-0.3, -0.25) is 24.5 Å². The van der Waals surface area contributed by atoms with Gasteiger partial charge in [-0.2, -0.15) is 12.6 Å². The normalized spacial score (nSPS) is 14.0. The molecule has 13 heteroatoms. The van der Waals surface area contributed by atoms with Crippen molar-refractivity contribution in [3.8, 4) is 0 Å². The number of nitrogens with one attached hydrogen (secondary N) is 1. The molecule has 1 heterocycles. The van der Waals surface area contributed by atoms with E-state index in [0.717, 1.165) is 12.8 Å². The van der Waals surface area contributed by atoms with Crippen molar-refractivity contribution in [3.05, 3.63) is 12.2 Å². The number of rotatable bonds is 8. The zero-order chi connectivity index (χ0) is 24.3. The highest BCUT2D eigenvalue weighted by Crippen LogP contribution is 2.15. The van der Waals surface area contributed by atoms with Crippen molar-refractivity contribution in [1.82, 2.24) is 5.32 Å². The first-order chi connectivity index (χ1) is 13.7. The molecule has 2 unspecified atom stereocenters. The van der Waals surface area contributed by atoms with Gasteiger partial charge < -0.3 is 37.6 Å². The maximum Gasteiger partial charge on any atom is 0.321 e. The molecule has 2 atom stereocenters. The minimum Gasteiger partial charge on any atom is -0.480 e. The maximum absolute atomic E-state index is 10.2. The van der Waals surface area contributed by atoms with Gasteiger partial charge in [-0.15, -0.1) is 0 Å². The highest BCUT2D eigenvalue weighted by atomic mass is 32.1. The lowest BCUT2D eigenvalue weighted by atomic mass is 10.1. The number of unbranched alkanes of at least 4 members (excludes halogenated alkanes) is 1. The number of aliphatic hydroxyl groups is 2. The minimum absolute atomic E-state index is 0.125. The van der Waals surface area contributed by atoms with Gasteiger partial charge in [0.1, 0.15) is 12.1 Å². The number of thiol groups is 1. The van der Waals surface area contributed by atoms with Gasteiger partial charge in [0.05, 0.1) is 13.2 Å². The number of nitrogens with two attached hydrogens (primary N) is 3. The van der Waals surface area contributed by atoms with Crippen molar-refractivity contribution in [3.63, 3.8) is 0 Å². The summed E-state index contributed by atoms with van der Waals surface area (Å²) in [7, 11) is 0. The molecule has 0 radical (unpaired) electrons. The molecule has 11 N–H and O–H groups in total. The molecule has 30 heavy (non-hydrogen) atoms. The number of carboxylic acids is 2. The fourth-order valence-electron chi connectivity index (χ4n) is 1.29. The monoisotopic (exact) mass is 454 g/mol. The summed E-state index contributed by atoms with van der Waals surface area (Å²) in [6.07, 6.45) is 4.56. The van der Waals surface area contributed by atoms with Crippen LogP contribution in [0.3, 0.4) is 0 Å². The first-order valence-corrected chi connectivity index (χ1v) is 9.33. The molecule has 1 aliphatic rings. The Morgan fingerprint density at radius 3 is 1.63 bits per heavy atom. The number of hydrogen-bond acceptors (Lipinski definition) is 10. The molecular formula is C17H34N4O8S. The third-order valence-electron chi connectivity index (χ3n) is 3.05. The van der Waals surface area contributed by atoms with E-state index in [0.29, 0.717) is 13.0 Å². The van der Waals surface area contributed by atoms with Gasteiger partial charge >= 0.3 is 11.9 Å². The number of aliphatic carboxylic acids is 2. The molecule has 0 fully saturated rings. The van der Waals surface area contributed by atoms with Crippen LogP contribution in [-0.4, -0.2) is 80.8 Å². The summed E-state index contributed by atoms with van der Waals surface area (Å²) in [4.78, 5) is 40.4. The average Bonchev–Trinajstić information content (AvgIpc) is 3.04. The van der Waals surface area contributed by atoms with E-state index in [1.54, 1.807) is 13.8 Å². The Labute approximate surface area is 180 Å². The summed E-state index contributed by atoms with van der Waals surface area (Å²) in [5.41, 5.74) is 15.6. The van der Waals surface area contributed by atoms with Gasteiger partial charge in [0, 0.05) is 16.9 Å². The van der Waals surface area contributed by atoms with Crippen LogP contribution in [0.25, 0.3) is 0 Å².